The fourth-order valence-corrected chi connectivity index (χ4v) is 4.73. The van der Waals surface area contributed by atoms with Crippen molar-refractivity contribution in [3.63, 3.8) is 0 Å². The lowest BCUT2D eigenvalue weighted by atomic mass is 10.1. The number of pyridine rings is 3. The second kappa shape index (κ2) is 6.75. The quantitative estimate of drug-likeness (QED) is 0.363. The minimum atomic E-state index is 0.615. The highest BCUT2D eigenvalue weighted by Gasteiger charge is 2.15. The normalized spacial score (nSPS) is 11.5. The van der Waals surface area contributed by atoms with Crippen molar-refractivity contribution in [3.05, 3.63) is 66.2 Å². The molecule has 0 aliphatic heterocycles. The van der Waals surface area contributed by atoms with Crippen molar-refractivity contribution in [2.45, 2.75) is 6.92 Å². The van der Waals surface area contributed by atoms with Crippen LogP contribution < -0.4 is 5.73 Å². The molecule has 0 aliphatic carbocycles. The predicted octanol–water partition coefficient (Wildman–Crippen LogP) is 5.18. The highest BCUT2D eigenvalue weighted by atomic mass is 32.1. The van der Waals surface area contributed by atoms with Crippen molar-refractivity contribution in [2.24, 2.45) is 0 Å². The third-order valence-electron chi connectivity index (χ3n) is 5.32. The minimum absolute atomic E-state index is 0.615. The molecule has 0 saturated carbocycles. The summed E-state index contributed by atoms with van der Waals surface area (Å²) in [6, 6.07) is 10.4. The van der Waals surface area contributed by atoms with Crippen LogP contribution in [0, 0.1) is 6.92 Å². The van der Waals surface area contributed by atoms with Gasteiger partial charge in [-0.15, -0.1) is 11.3 Å². The lowest BCUT2D eigenvalue weighted by Gasteiger charge is -2.02. The Morgan fingerprint density at radius 2 is 1.77 bits per heavy atom. The molecule has 0 aromatic carbocycles. The van der Waals surface area contributed by atoms with Crippen LogP contribution in [0.15, 0.2) is 61.3 Å². The van der Waals surface area contributed by atoms with Crippen LogP contribution in [0.5, 0.6) is 0 Å². The summed E-state index contributed by atoms with van der Waals surface area (Å²) >= 11 is 1.77. The van der Waals surface area contributed by atoms with Gasteiger partial charge in [-0.3, -0.25) is 15.1 Å². The lowest BCUT2D eigenvalue weighted by Crippen LogP contribution is -1.88. The molecule has 0 fully saturated rings. The first-order valence-corrected chi connectivity index (χ1v) is 10.6. The van der Waals surface area contributed by atoms with Gasteiger partial charge in [-0.1, -0.05) is 0 Å². The summed E-state index contributed by atoms with van der Waals surface area (Å²) in [7, 11) is 0. The molecule has 4 N–H and O–H groups in total. The van der Waals surface area contributed by atoms with E-state index in [1.165, 1.54) is 9.75 Å². The van der Waals surface area contributed by atoms with Crippen molar-refractivity contribution in [1.82, 2.24) is 30.1 Å². The highest BCUT2D eigenvalue weighted by Crippen LogP contribution is 2.36. The molecular formula is C23H17N7S. The third kappa shape index (κ3) is 2.96. The molecule has 6 rings (SSSR count). The molecule has 150 valence electrons. The van der Waals surface area contributed by atoms with Gasteiger partial charge in [0, 0.05) is 62.0 Å². The van der Waals surface area contributed by atoms with E-state index in [1.807, 2.05) is 18.5 Å². The van der Waals surface area contributed by atoms with Crippen molar-refractivity contribution in [1.29, 1.82) is 0 Å². The fraction of sp³-hybridized carbons (Fsp3) is 0.0435. The number of aryl methyl sites for hydroxylation is 1. The molecule has 0 spiro atoms. The zero-order valence-corrected chi connectivity index (χ0v) is 17.4. The maximum absolute atomic E-state index is 5.90. The highest BCUT2D eigenvalue weighted by molar-refractivity contribution is 7.15. The minimum Gasteiger partial charge on any atom is -0.397 e. The average molecular weight is 424 g/mol. The summed E-state index contributed by atoms with van der Waals surface area (Å²) in [6.45, 7) is 2.11. The van der Waals surface area contributed by atoms with Gasteiger partial charge in [0.15, 0.2) is 5.65 Å². The second-order valence-electron chi connectivity index (χ2n) is 7.44. The van der Waals surface area contributed by atoms with Crippen molar-refractivity contribution in [2.75, 3.05) is 5.73 Å². The standard InChI is InChI=1S/C23H17N7S/c1-12-2-3-21(31-12)18-10-26-11-20-16(18)6-19(28-20)22-17-5-14(8-27-23(17)30-29-22)13-4-15(24)9-25-7-13/h2-11,28H,24H2,1H3,(H,27,29,30). The van der Waals surface area contributed by atoms with Gasteiger partial charge in [-0.2, -0.15) is 5.10 Å². The Morgan fingerprint density at radius 3 is 2.61 bits per heavy atom. The van der Waals surface area contributed by atoms with Gasteiger partial charge in [0.25, 0.3) is 0 Å². The number of nitrogens with two attached hydrogens (primary N) is 1. The molecule has 0 saturated heterocycles. The fourth-order valence-electron chi connectivity index (χ4n) is 3.84. The molecule has 6 heterocycles. The van der Waals surface area contributed by atoms with E-state index in [4.69, 9.17) is 5.73 Å². The number of nitrogen functional groups attached to an aromatic ring is 1. The Balaban J connectivity index is 1.51. The maximum atomic E-state index is 5.90. The molecule has 0 aliphatic rings. The Bertz CT molecular complexity index is 1570. The number of nitrogens with one attached hydrogen (secondary N) is 2. The Kier molecular flexibility index (Phi) is 3.87. The van der Waals surface area contributed by atoms with Crippen LogP contribution in [0.25, 0.3) is 54.9 Å². The Labute approximate surface area is 181 Å². The maximum Gasteiger partial charge on any atom is 0.181 e. The van der Waals surface area contributed by atoms with Gasteiger partial charge in [0.05, 0.1) is 28.8 Å². The zero-order chi connectivity index (χ0) is 20.9. The van der Waals surface area contributed by atoms with Crippen LogP contribution in [-0.4, -0.2) is 30.1 Å². The van der Waals surface area contributed by atoms with Crippen LogP contribution in [0.2, 0.25) is 0 Å². The van der Waals surface area contributed by atoms with Gasteiger partial charge in [-0.25, -0.2) is 4.98 Å². The molecule has 7 nitrogen and oxygen atoms in total. The van der Waals surface area contributed by atoms with E-state index in [1.54, 1.807) is 29.9 Å². The van der Waals surface area contributed by atoms with Crippen molar-refractivity contribution in [3.8, 4) is 33.0 Å². The molecule has 0 radical (unpaired) electrons. The number of fused-ring (bicyclic) bond motifs is 2. The second-order valence-corrected chi connectivity index (χ2v) is 8.73. The molecule has 6 aromatic heterocycles. The topological polar surface area (TPSA) is 109 Å². The van der Waals surface area contributed by atoms with Crippen LogP contribution in [0.1, 0.15) is 4.88 Å². The molecule has 0 atom stereocenters. The number of aromatic nitrogens is 6. The van der Waals surface area contributed by atoms with Gasteiger partial charge >= 0.3 is 0 Å². The van der Waals surface area contributed by atoms with Gasteiger partial charge < -0.3 is 10.7 Å². The number of rotatable bonds is 3. The first kappa shape index (κ1) is 17.8. The summed E-state index contributed by atoms with van der Waals surface area (Å²) in [5.41, 5.74) is 12.9. The zero-order valence-electron chi connectivity index (χ0n) is 16.5. The van der Waals surface area contributed by atoms with Crippen molar-refractivity contribution >= 4 is 39.0 Å². The SMILES string of the molecule is Cc1ccc(-c2cncc3[nH]c(-c4[nH]nc5ncc(-c6cncc(N)c6)cc45)cc23)s1. The number of aromatic amines is 2. The summed E-state index contributed by atoms with van der Waals surface area (Å²) in [6.07, 6.45) is 8.97. The molecule has 6 aromatic rings. The first-order chi connectivity index (χ1) is 15.2. The summed E-state index contributed by atoms with van der Waals surface area (Å²) in [5.74, 6) is 0. The van der Waals surface area contributed by atoms with E-state index >= 15 is 0 Å². The van der Waals surface area contributed by atoms with E-state index in [0.717, 1.165) is 44.4 Å². The van der Waals surface area contributed by atoms with E-state index in [9.17, 15) is 0 Å². The van der Waals surface area contributed by atoms with E-state index in [0.29, 0.717) is 11.3 Å². The molecule has 31 heavy (non-hydrogen) atoms. The van der Waals surface area contributed by atoms with Crippen LogP contribution in [-0.2, 0) is 0 Å². The van der Waals surface area contributed by atoms with Gasteiger partial charge in [0.1, 0.15) is 0 Å². The predicted molar refractivity (Wildman–Crippen MR) is 125 cm³/mol. The number of hydrogen-bond acceptors (Lipinski definition) is 6. The molecule has 0 amide bonds. The Morgan fingerprint density at radius 1 is 0.903 bits per heavy atom. The third-order valence-corrected chi connectivity index (χ3v) is 6.36. The molecule has 0 bridgehead atoms. The summed E-state index contributed by atoms with van der Waals surface area (Å²) < 4.78 is 0. The monoisotopic (exact) mass is 423 g/mol. The van der Waals surface area contributed by atoms with Crippen LogP contribution in [0.4, 0.5) is 5.69 Å². The Hall–Kier alpha value is -4.04. The summed E-state index contributed by atoms with van der Waals surface area (Å²) in [4.78, 5) is 19.1. The molecular weight excluding hydrogens is 406 g/mol. The largest absolute Gasteiger partial charge is 0.397 e. The number of hydrogen-bond donors (Lipinski definition) is 3. The first-order valence-electron chi connectivity index (χ1n) is 9.74. The lowest BCUT2D eigenvalue weighted by molar-refractivity contribution is 1.10. The number of nitrogens with zero attached hydrogens (tertiary/aromatic N) is 4. The average Bonchev–Trinajstić information content (AvgIpc) is 3.50. The van der Waals surface area contributed by atoms with Crippen molar-refractivity contribution < 1.29 is 0 Å². The summed E-state index contributed by atoms with van der Waals surface area (Å²) in [5, 5.41) is 9.58. The molecule has 8 heteroatoms. The van der Waals surface area contributed by atoms with Gasteiger partial charge in [-0.05, 0) is 37.3 Å². The smallest absolute Gasteiger partial charge is 0.181 e. The van der Waals surface area contributed by atoms with E-state index < -0.39 is 0 Å². The van der Waals surface area contributed by atoms with Gasteiger partial charge in [0.2, 0.25) is 0 Å². The van der Waals surface area contributed by atoms with E-state index in [-0.39, 0.29) is 0 Å². The van der Waals surface area contributed by atoms with E-state index in [2.05, 4.69) is 61.3 Å². The number of anilines is 1. The molecule has 0 unspecified atom stereocenters. The number of H-pyrrole nitrogens is 2. The van der Waals surface area contributed by atoms with Crippen LogP contribution >= 0.6 is 11.3 Å². The number of thiophene rings is 1. The van der Waals surface area contributed by atoms with Crippen LogP contribution in [0.3, 0.4) is 0 Å².